The second kappa shape index (κ2) is 4.66. The Bertz CT molecular complexity index is 81.7. The predicted molar refractivity (Wildman–Crippen MR) is 40.9 cm³/mol. The van der Waals surface area contributed by atoms with E-state index in [-0.39, 0.29) is 0 Å². The molecular formula is C7H16N2O. The van der Waals surface area contributed by atoms with Crippen molar-refractivity contribution in [3.05, 3.63) is 0 Å². The SMILES string of the molecule is CNCNC1CCOCC1. The van der Waals surface area contributed by atoms with Gasteiger partial charge in [0.15, 0.2) is 0 Å². The molecule has 0 amide bonds. The summed E-state index contributed by atoms with van der Waals surface area (Å²) in [7, 11) is 1.95. The van der Waals surface area contributed by atoms with Crippen molar-refractivity contribution in [3.63, 3.8) is 0 Å². The minimum atomic E-state index is 0.668. The van der Waals surface area contributed by atoms with E-state index >= 15 is 0 Å². The average Bonchev–Trinajstić information content (AvgIpc) is 2.03. The molecule has 3 nitrogen and oxygen atoms in total. The van der Waals surface area contributed by atoms with Crippen LogP contribution in [0.15, 0.2) is 0 Å². The molecule has 60 valence electrons. The maximum atomic E-state index is 5.22. The van der Waals surface area contributed by atoms with E-state index in [1.165, 1.54) is 0 Å². The molecule has 0 spiro atoms. The van der Waals surface area contributed by atoms with Crippen LogP contribution in [0.4, 0.5) is 0 Å². The molecule has 0 saturated carbocycles. The zero-order chi connectivity index (χ0) is 7.23. The molecule has 0 atom stereocenters. The van der Waals surface area contributed by atoms with Crippen LogP contribution in [0.3, 0.4) is 0 Å². The lowest BCUT2D eigenvalue weighted by Crippen LogP contribution is -2.39. The van der Waals surface area contributed by atoms with Gasteiger partial charge in [0.25, 0.3) is 0 Å². The molecule has 0 aromatic heterocycles. The molecule has 1 saturated heterocycles. The van der Waals surface area contributed by atoms with Crippen molar-refractivity contribution in [2.45, 2.75) is 18.9 Å². The first-order valence-corrected chi connectivity index (χ1v) is 3.89. The molecule has 0 unspecified atom stereocenters. The number of rotatable bonds is 3. The highest BCUT2D eigenvalue weighted by molar-refractivity contribution is 4.68. The van der Waals surface area contributed by atoms with Crippen LogP contribution in [-0.2, 0) is 4.74 Å². The molecule has 1 aliphatic heterocycles. The summed E-state index contributed by atoms with van der Waals surface area (Å²) in [6.07, 6.45) is 2.31. The maximum absolute atomic E-state index is 5.22. The second-order valence-corrected chi connectivity index (χ2v) is 2.62. The van der Waals surface area contributed by atoms with Gasteiger partial charge >= 0.3 is 0 Å². The molecule has 0 aliphatic carbocycles. The first kappa shape index (κ1) is 7.98. The zero-order valence-electron chi connectivity index (χ0n) is 6.52. The summed E-state index contributed by atoms with van der Waals surface area (Å²) in [6, 6.07) is 0.668. The first-order valence-electron chi connectivity index (χ1n) is 3.89. The topological polar surface area (TPSA) is 33.3 Å². The molecule has 2 N–H and O–H groups in total. The van der Waals surface area contributed by atoms with E-state index in [4.69, 9.17) is 4.74 Å². The number of nitrogens with one attached hydrogen (secondary N) is 2. The van der Waals surface area contributed by atoms with Crippen LogP contribution in [0.25, 0.3) is 0 Å². The predicted octanol–water partition coefficient (Wildman–Crippen LogP) is -0.0681. The third kappa shape index (κ3) is 2.64. The van der Waals surface area contributed by atoms with Gasteiger partial charge in [-0.3, -0.25) is 0 Å². The molecule has 0 aromatic rings. The largest absolute Gasteiger partial charge is 0.381 e. The molecule has 1 fully saturated rings. The smallest absolute Gasteiger partial charge is 0.0480 e. The Morgan fingerprint density at radius 3 is 2.70 bits per heavy atom. The number of ether oxygens (including phenoxy) is 1. The van der Waals surface area contributed by atoms with Gasteiger partial charge in [0, 0.05) is 25.9 Å². The van der Waals surface area contributed by atoms with Crippen molar-refractivity contribution in [1.29, 1.82) is 0 Å². The Morgan fingerprint density at radius 1 is 1.40 bits per heavy atom. The van der Waals surface area contributed by atoms with E-state index in [0.717, 1.165) is 32.7 Å². The van der Waals surface area contributed by atoms with Crippen molar-refractivity contribution in [1.82, 2.24) is 10.6 Å². The van der Waals surface area contributed by atoms with Crippen LogP contribution in [0.5, 0.6) is 0 Å². The Labute approximate surface area is 62.1 Å². The highest BCUT2D eigenvalue weighted by atomic mass is 16.5. The fourth-order valence-electron chi connectivity index (χ4n) is 1.15. The standard InChI is InChI=1S/C7H16N2O/c1-8-6-9-7-2-4-10-5-3-7/h7-9H,2-6H2,1H3. The van der Waals surface area contributed by atoms with E-state index in [9.17, 15) is 0 Å². The Morgan fingerprint density at radius 2 is 2.10 bits per heavy atom. The first-order chi connectivity index (χ1) is 4.93. The van der Waals surface area contributed by atoms with E-state index < -0.39 is 0 Å². The van der Waals surface area contributed by atoms with Crippen molar-refractivity contribution >= 4 is 0 Å². The molecular weight excluding hydrogens is 128 g/mol. The van der Waals surface area contributed by atoms with E-state index in [2.05, 4.69) is 10.6 Å². The maximum Gasteiger partial charge on any atom is 0.0480 e. The summed E-state index contributed by atoms with van der Waals surface area (Å²) in [5.74, 6) is 0. The van der Waals surface area contributed by atoms with Gasteiger partial charge in [-0.05, 0) is 19.9 Å². The Balaban J connectivity index is 2.02. The average molecular weight is 144 g/mol. The van der Waals surface area contributed by atoms with Crippen molar-refractivity contribution < 1.29 is 4.74 Å². The van der Waals surface area contributed by atoms with Crippen LogP contribution in [0.2, 0.25) is 0 Å². The van der Waals surface area contributed by atoms with Crippen LogP contribution in [0, 0.1) is 0 Å². The summed E-state index contributed by atoms with van der Waals surface area (Å²) in [6.45, 7) is 2.74. The second-order valence-electron chi connectivity index (χ2n) is 2.62. The lowest BCUT2D eigenvalue weighted by molar-refractivity contribution is 0.0777. The summed E-state index contributed by atoms with van der Waals surface area (Å²) in [4.78, 5) is 0. The molecule has 1 aliphatic rings. The van der Waals surface area contributed by atoms with Crippen molar-refractivity contribution in [2.75, 3.05) is 26.9 Å². The molecule has 0 bridgehead atoms. The van der Waals surface area contributed by atoms with Gasteiger partial charge in [0.05, 0.1) is 0 Å². The van der Waals surface area contributed by atoms with E-state index in [1.54, 1.807) is 0 Å². The third-order valence-electron chi connectivity index (χ3n) is 1.79. The minimum Gasteiger partial charge on any atom is -0.381 e. The van der Waals surface area contributed by atoms with Crippen LogP contribution >= 0.6 is 0 Å². The van der Waals surface area contributed by atoms with Gasteiger partial charge in [0.1, 0.15) is 0 Å². The van der Waals surface area contributed by atoms with Gasteiger partial charge in [-0.15, -0.1) is 0 Å². The zero-order valence-corrected chi connectivity index (χ0v) is 6.52. The fraction of sp³-hybridized carbons (Fsp3) is 1.00. The number of hydrogen-bond donors (Lipinski definition) is 2. The monoisotopic (exact) mass is 144 g/mol. The molecule has 1 heterocycles. The highest BCUT2D eigenvalue weighted by Crippen LogP contribution is 2.04. The van der Waals surface area contributed by atoms with Gasteiger partial charge in [-0.2, -0.15) is 0 Å². The van der Waals surface area contributed by atoms with Crippen LogP contribution in [-0.4, -0.2) is 33.0 Å². The summed E-state index contributed by atoms with van der Waals surface area (Å²) < 4.78 is 5.22. The summed E-state index contributed by atoms with van der Waals surface area (Å²) in [5.41, 5.74) is 0. The van der Waals surface area contributed by atoms with Crippen molar-refractivity contribution in [2.24, 2.45) is 0 Å². The molecule has 3 heteroatoms. The lowest BCUT2D eigenvalue weighted by Gasteiger charge is -2.22. The highest BCUT2D eigenvalue weighted by Gasteiger charge is 2.11. The van der Waals surface area contributed by atoms with E-state index in [1.807, 2.05) is 7.05 Å². The Kier molecular flexibility index (Phi) is 3.72. The van der Waals surface area contributed by atoms with Gasteiger partial charge in [-0.1, -0.05) is 0 Å². The number of hydrogen-bond acceptors (Lipinski definition) is 3. The van der Waals surface area contributed by atoms with Gasteiger partial charge in [0.2, 0.25) is 0 Å². The molecule has 1 rings (SSSR count). The van der Waals surface area contributed by atoms with Gasteiger partial charge < -0.3 is 15.4 Å². The van der Waals surface area contributed by atoms with Crippen molar-refractivity contribution in [3.8, 4) is 0 Å². The molecule has 0 radical (unpaired) electrons. The Hall–Kier alpha value is -0.120. The van der Waals surface area contributed by atoms with Crippen LogP contribution < -0.4 is 10.6 Å². The minimum absolute atomic E-state index is 0.668. The van der Waals surface area contributed by atoms with Crippen LogP contribution in [0.1, 0.15) is 12.8 Å². The lowest BCUT2D eigenvalue weighted by atomic mass is 10.1. The van der Waals surface area contributed by atoms with E-state index in [0.29, 0.717) is 6.04 Å². The fourth-order valence-corrected chi connectivity index (χ4v) is 1.15. The summed E-state index contributed by atoms with van der Waals surface area (Å²) >= 11 is 0. The third-order valence-corrected chi connectivity index (χ3v) is 1.79. The molecule has 0 aromatic carbocycles. The quantitative estimate of drug-likeness (QED) is 0.544. The van der Waals surface area contributed by atoms with Gasteiger partial charge in [-0.25, -0.2) is 0 Å². The molecule has 10 heavy (non-hydrogen) atoms. The normalized spacial score (nSPS) is 21.3. The summed E-state index contributed by atoms with van der Waals surface area (Å²) in [5, 5.41) is 6.44.